The van der Waals surface area contributed by atoms with Crippen LogP contribution in [0.15, 0.2) is 77.9 Å². The molecule has 152 valence electrons. The van der Waals surface area contributed by atoms with E-state index in [9.17, 15) is 4.79 Å². The van der Waals surface area contributed by atoms with Crippen molar-refractivity contribution in [3.8, 4) is 22.4 Å². The first kappa shape index (κ1) is 19.4. The molecule has 5 nitrogen and oxygen atoms in total. The van der Waals surface area contributed by atoms with E-state index in [1.165, 1.54) is 6.07 Å². The number of nitrogens with zero attached hydrogens (tertiary/aromatic N) is 2. The Bertz CT molecular complexity index is 1480. The quantitative estimate of drug-likeness (QED) is 0.415. The smallest absolute Gasteiger partial charge is 0.191 e. The van der Waals surface area contributed by atoms with E-state index in [0.29, 0.717) is 22.6 Å². The fourth-order valence-electron chi connectivity index (χ4n) is 4.05. The second-order valence-electron chi connectivity index (χ2n) is 7.31. The highest BCUT2D eigenvalue weighted by atomic mass is 35.5. The maximum atomic E-state index is 12.9. The molecular weight excluding hydrogens is 408 g/mol. The maximum Gasteiger partial charge on any atom is 0.191 e. The highest BCUT2D eigenvalue weighted by Gasteiger charge is 2.20. The molecule has 0 saturated heterocycles. The minimum Gasteiger partial charge on any atom is -0.346 e. The molecule has 0 spiro atoms. The normalized spacial score (nSPS) is 11.3. The fourth-order valence-corrected chi connectivity index (χ4v) is 4.32. The Morgan fingerprint density at radius 3 is 2.68 bits per heavy atom. The van der Waals surface area contributed by atoms with Gasteiger partial charge in [-0.25, -0.2) is 4.98 Å². The van der Waals surface area contributed by atoms with Crippen LogP contribution < -0.4 is 10.7 Å². The van der Waals surface area contributed by atoms with Crippen LogP contribution in [-0.2, 0) is 6.54 Å². The summed E-state index contributed by atoms with van der Waals surface area (Å²) in [4.78, 5) is 25.3. The van der Waals surface area contributed by atoms with Gasteiger partial charge in [-0.1, -0.05) is 48.0 Å². The van der Waals surface area contributed by atoms with Crippen LogP contribution in [0.25, 0.3) is 44.3 Å². The number of fused-ring (bicyclic) bond motifs is 2. The van der Waals surface area contributed by atoms with Crippen LogP contribution in [0.5, 0.6) is 0 Å². The van der Waals surface area contributed by atoms with Gasteiger partial charge in [-0.3, -0.25) is 9.78 Å². The van der Waals surface area contributed by atoms with Crippen LogP contribution in [0, 0.1) is 0 Å². The first-order valence-corrected chi connectivity index (χ1v) is 10.3. The molecule has 3 aromatic heterocycles. The number of H-pyrrole nitrogens is 1. The van der Waals surface area contributed by atoms with E-state index < -0.39 is 0 Å². The van der Waals surface area contributed by atoms with Crippen molar-refractivity contribution in [2.45, 2.75) is 6.54 Å². The molecule has 6 heteroatoms. The lowest BCUT2D eigenvalue weighted by Crippen LogP contribution is -2.14. The molecule has 2 N–H and O–H groups in total. The van der Waals surface area contributed by atoms with Gasteiger partial charge in [-0.2, -0.15) is 0 Å². The van der Waals surface area contributed by atoms with Crippen LogP contribution in [0.3, 0.4) is 0 Å². The SMILES string of the molecule is CNCc1c(-c2cc(Cl)c3ncccc3c2)c(-c2ccccc2)nc2[nH]ccc(=O)c12. The Kier molecular flexibility index (Phi) is 4.98. The van der Waals surface area contributed by atoms with Crippen molar-refractivity contribution in [1.29, 1.82) is 0 Å². The van der Waals surface area contributed by atoms with Crippen LogP contribution in [0.1, 0.15) is 5.56 Å². The highest BCUT2D eigenvalue weighted by Crippen LogP contribution is 2.39. The van der Waals surface area contributed by atoms with Gasteiger partial charge in [0.2, 0.25) is 0 Å². The number of hydrogen-bond donors (Lipinski definition) is 2. The summed E-state index contributed by atoms with van der Waals surface area (Å²) in [5.74, 6) is 0. The number of nitrogens with one attached hydrogen (secondary N) is 2. The number of benzene rings is 2. The van der Waals surface area contributed by atoms with Crippen molar-refractivity contribution >= 4 is 33.5 Å². The van der Waals surface area contributed by atoms with Crippen LogP contribution in [0.4, 0.5) is 0 Å². The molecule has 0 unspecified atom stereocenters. The van der Waals surface area contributed by atoms with Gasteiger partial charge in [0.15, 0.2) is 5.43 Å². The molecule has 2 aromatic carbocycles. The molecule has 0 fully saturated rings. The molecule has 5 rings (SSSR count). The number of pyridine rings is 3. The Hall–Kier alpha value is -3.54. The summed E-state index contributed by atoms with van der Waals surface area (Å²) >= 11 is 6.62. The Balaban J connectivity index is 1.95. The van der Waals surface area contributed by atoms with Crippen molar-refractivity contribution in [3.05, 3.63) is 93.9 Å². The van der Waals surface area contributed by atoms with E-state index in [0.717, 1.165) is 38.9 Å². The lowest BCUT2D eigenvalue weighted by atomic mass is 9.91. The molecule has 0 aliphatic heterocycles. The van der Waals surface area contributed by atoms with E-state index in [4.69, 9.17) is 16.6 Å². The van der Waals surface area contributed by atoms with Gasteiger partial charge in [-0.05, 0) is 36.4 Å². The Morgan fingerprint density at radius 1 is 1.03 bits per heavy atom. The first-order valence-electron chi connectivity index (χ1n) is 9.96. The third kappa shape index (κ3) is 3.38. The fraction of sp³-hybridized carbons (Fsp3) is 0.0800. The van der Waals surface area contributed by atoms with Gasteiger partial charge in [0.1, 0.15) is 5.65 Å². The van der Waals surface area contributed by atoms with E-state index in [2.05, 4.69) is 21.4 Å². The summed E-state index contributed by atoms with van der Waals surface area (Å²) in [6.45, 7) is 0.504. The molecule has 0 amide bonds. The van der Waals surface area contributed by atoms with Gasteiger partial charge in [0.05, 0.1) is 21.6 Å². The number of aromatic amines is 1. The van der Waals surface area contributed by atoms with Gasteiger partial charge in [0.25, 0.3) is 0 Å². The van der Waals surface area contributed by atoms with E-state index >= 15 is 0 Å². The Labute approximate surface area is 183 Å². The van der Waals surface area contributed by atoms with Gasteiger partial charge < -0.3 is 10.3 Å². The van der Waals surface area contributed by atoms with Crippen LogP contribution in [0.2, 0.25) is 5.02 Å². The average molecular weight is 427 g/mol. The van der Waals surface area contributed by atoms with Crippen molar-refractivity contribution in [2.24, 2.45) is 0 Å². The average Bonchev–Trinajstić information content (AvgIpc) is 2.79. The van der Waals surface area contributed by atoms with Crippen molar-refractivity contribution < 1.29 is 0 Å². The number of hydrogen-bond acceptors (Lipinski definition) is 4. The zero-order valence-corrected chi connectivity index (χ0v) is 17.6. The molecule has 0 bridgehead atoms. The molecule has 0 radical (unpaired) electrons. The van der Waals surface area contributed by atoms with E-state index in [1.54, 1.807) is 12.4 Å². The second-order valence-corrected chi connectivity index (χ2v) is 7.72. The van der Waals surface area contributed by atoms with Crippen molar-refractivity contribution in [2.75, 3.05) is 7.05 Å². The van der Waals surface area contributed by atoms with E-state index in [-0.39, 0.29) is 5.43 Å². The zero-order valence-electron chi connectivity index (χ0n) is 16.8. The molecule has 0 aliphatic rings. The van der Waals surface area contributed by atoms with Gasteiger partial charge in [-0.15, -0.1) is 0 Å². The van der Waals surface area contributed by atoms with Crippen molar-refractivity contribution in [3.63, 3.8) is 0 Å². The predicted molar refractivity (Wildman–Crippen MR) is 126 cm³/mol. The third-order valence-electron chi connectivity index (χ3n) is 5.35. The first-order chi connectivity index (χ1) is 15.2. The monoisotopic (exact) mass is 426 g/mol. The number of aromatic nitrogens is 3. The summed E-state index contributed by atoms with van der Waals surface area (Å²) in [6.07, 6.45) is 3.36. The predicted octanol–water partition coefficient (Wildman–Crippen LogP) is 5.18. The molecule has 3 heterocycles. The van der Waals surface area contributed by atoms with Crippen LogP contribution in [-0.4, -0.2) is 22.0 Å². The molecule has 0 aliphatic carbocycles. The largest absolute Gasteiger partial charge is 0.346 e. The summed E-state index contributed by atoms with van der Waals surface area (Å²) in [5, 5.41) is 5.29. The topological polar surface area (TPSA) is 70.7 Å². The lowest BCUT2D eigenvalue weighted by Gasteiger charge is -2.18. The third-order valence-corrected chi connectivity index (χ3v) is 5.64. The summed E-state index contributed by atoms with van der Waals surface area (Å²) < 4.78 is 0. The molecule has 0 atom stereocenters. The Morgan fingerprint density at radius 2 is 1.87 bits per heavy atom. The summed E-state index contributed by atoms with van der Waals surface area (Å²) in [7, 11) is 1.87. The number of halogens is 1. The summed E-state index contributed by atoms with van der Waals surface area (Å²) in [5.41, 5.74) is 5.66. The van der Waals surface area contributed by atoms with Crippen LogP contribution >= 0.6 is 11.6 Å². The summed E-state index contributed by atoms with van der Waals surface area (Å²) in [6, 6.07) is 19.3. The molecular formula is C25H19ClN4O. The zero-order chi connectivity index (χ0) is 21.4. The molecule has 0 saturated carbocycles. The van der Waals surface area contributed by atoms with Gasteiger partial charge in [0, 0.05) is 41.5 Å². The van der Waals surface area contributed by atoms with Gasteiger partial charge >= 0.3 is 0 Å². The molecule has 5 aromatic rings. The second kappa shape index (κ2) is 7.95. The highest BCUT2D eigenvalue weighted by molar-refractivity contribution is 6.35. The lowest BCUT2D eigenvalue weighted by molar-refractivity contribution is 0.823. The van der Waals surface area contributed by atoms with Crippen molar-refractivity contribution in [1.82, 2.24) is 20.3 Å². The van der Waals surface area contributed by atoms with E-state index in [1.807, 2.05) is 55.6 Å². The standard InChI is InChI=1S/C25H19ClN4O/c1-27-14-18-21(17-12-16-8-5-10-28-23(16)19(26)13-17)24(15-6-3-2-4-7-15)30-25-22(18)20(31)9-11-29-25/h2-13,27H,14H2,1H3,(H,29,30,31). The maximum absolute atomic E-state index is 12.9. The minimum absolute atomic E-state index is 0.0686. The minimum atomic E-state index is -0.0686. The molecule has 31 heavy (non-hydrogen) atoms. The number of rotatable bonds is 4.